The van der Waals surface area contributed by atoms with Gasteiger partial charge in [-0.3, -0.25) is 4.99 Å². The number of hydrogen-bond acceptors (Lipinski definition) is 3. The number of nitrogens with one attached hydrogen (secondary N) is 1. The smallest absolute Gasteiger partial charge is 0.194 e. The standard InChI is InChI=1S/C12H25N3O2S.HI/c1-11(2)9-15(12(11,3)4)10(13-5)14-7-8-18(6,16)17;/h7-9H2,1-6H3,(H,13,14);1H. The zero-order chi connectivity index (χ0) is 14.2. The van der Waals surface area contributed by atoms with Crippen molar-refractivity contribution in [2.45, 2.75) is 33.2 Å². The number of hydrogen-bond donors (Lipinski definition) is 1. The molecule has 0 unspecified atom stereocenters. The molecule has 0 amide bonds. The van der Waals surface area contributed by atoms with Crippen molar-refractivity contribution in [3.8, 4) is 0 Å². The summed E-state index contributed by atoms with van der Waals surface area (Å²) in [5.41, 5.74) is 0.265. The molecule has 1 saturated heterocycles. The van der Waals surface area contributed by atoms with E-state index in [1.165, 1.54) is 6.26 Å². The first-order valence-corrected chi connectivity index (χ1v) is 8.23. The lowest BCUT2D eigenvalue weighted by molar-refractivity contribution is -0.0666. The van der Waals surface area contributed by atoms with Gasteiger partial charge in [0.15, 0.2) is 5.96 Å². The molecule has 0 aromatic rings. The topological polar surface area (TPSA) is 61.8 Å². The molecule has 114 valence electrons. The van der Waals surface area contributed by atoms with Crippen molar-refractivity contribution < 1.29 is 8.42 Å². The highest BCUT2D eigenvalue weighted by Crippen LogP contribution is 2.46. The van der Waals surface area contributed by atoms with Crippen molar-refractivity contribution in [1.82, 2.24) is 10.2 Å². The van der Waals surface area contributed by atoms with E-state index in [1.54, 1.807) is 7.05 Å². The molecule has 1 rings (SSSR count). The van der Waals surface area contributed by atoms with Gasteiger partial charge in [-0.1, -0.05) is 13.8 Å². The van der Waals surface area contributed by atoms with Crippen LogP contribution in [-0.2, 0) is 9.84 Å². The van der Waals surface area contributed by atoms with Gasteiger partial charge in [-0.2, -0.15) is 0 Å². The Hall–Kier alpha value is -0.0500. The first kappa shape index (κ1) is 18.9. The molecule has 1 aliphatic rings. The molecule has 5 nitrogen and oxygen atoms in total. The van der Waals surface area contributed by atoms with Gasteiger partial charge in [0.1, 0.15) is 9.84 Å². The van der Waals surface area contributed by atoms with Crippen molar-refractivity contribution in [3.63, 3.8) is 0 Å². The number of nitrogens with zero attached hydrogens (tertiary/aromatic N) is 2. The minimum atomic E-state index is -2.93. The summed E-state index contributed by atoms with van der Waals surface area (Å²) in [7, 11) is -1.20. The maximum absolute atomic E-state index is 11.1. The van der Waals surface area contributed by atoms with Crippen LogP contribution in [0, 0.1) is 5.41 Å². The van der Waals surface area contributed by atoms with E-state index in [-0.39, 0.29) is 40.7 Å². The van der Waals surface area contributed by atoms with Crippen LogP contribution in [0.5, 0.6) is 0 Å². The van der Waals surface area contributed by atoms with Crippen LogP contribution in [0.1, 0.15) is 27.7 Å². The van der Waals surface area contributed by atoms with E-state index in [4.69, 9.17) is 0 Å². The summed E-state index contributed by atoms with van der Waals surface area (Å²) in [6, 6.07) is 0. The summed E-state index contributed by atoms with van der Waals surface area (Å²) in [6.45, 7) is 10.2. The Bertz CT molecular complexity index is 444. The first-order chi connectivity index (χ1) is 8.01. The highest BCUT2D eigenvalue weighted by atomic mass is 127. The van der Waals surface area contributed by atoms with Gasteiger partial charge >= 0.3 is 0 Å². The molecule has 1 aliphatic heterocycles. The molecule has 0 aromatic carbocycles. The molecular formula is C12H26IN3O2S. The molecule has 0 radical (unpaired) electrons. The van der Waals surface area contributed by atoms with Crippen LogP contribution in [0.4, 0.5) is 0 Å². The van der Waals surface area contributed by atoms with Gasteiger partial charge in [-0.15, -0.1) is 24.0 Å². The molecular weight excluding hydrogens is 377 g/mol. The summed E-state index contributed by atoms with van der Waals surface area (Å²) in [6.07, 6.45) is 1.24. The second kappa shape index (κ2) is 6.15. The SMILES string of the molecule is CN=C(NCCS(C)(=O)=O)N1CC(C)(C)C1(C)C.I. The predicted octanol–water partition coefficient (Wildman–Crippen LogP) is 1.34. The number of likely N-dealkylation sites (tertiary alicyclic amines) is 1. The Labute approximate surface area is 134 Å². The quantitative estimate of drug-likeness (QED) is 0.439. The molecule has 19 heavy (non-hydrogen) atoms. The van der Waals surface area contributed by atoms with Gasteiger partial charge in [0.2, 0.25) is 0 Å². The molecule has 0 atom stereocenters. The number of halogens is 1. The summed E-state index contributed by atoms with van der Waals surface area (Å²) in [5.74, 6) is 0.909. The third kappa shape index (κ3) is 4.21. The largest absolute Gasteiger partial charge is 0.355 e. The van der Waals surface area contributed by atoms with E-state index in [1.807, 2.05) is 0 Å². The molecule has 0 spiro atoms. The Kier molecular flexibility index (Phi) is 6.14. The van der Waals surface area contributed by atoms with Crippen molar-refractivity contribution in [1.29, 1.82) is 0 Å². The van der Waals surface area contributed by atoms with E-state index < -0.39 is 9.84 Å². The van der Waals surface area contributed by atoms with E-state index in [0.717, 1.165) is 12.5 Å². The Morgan fingerprint density at radius 1 is 1.32 bits per heavy atom. The molecule has 1 fully saturated rings. The van der Waals surface area contributed by atoms with Crippen LogP contribution >= 0.6 is 24.0 Å². The predicted molar refractivity (Wildman–Crippen MR) is 91.1 cm³/mol. The molecule has 1 heterocycles. The molecule has 1 N–H and O–H groups in total. The van der Waals surface area contributed by atoms with Gasteiger partial charge in [-0.05, 0) is 13.8 Å². The number of aliphatic imine (C=N–C) groups is 1. The zero-order valence-corrected chi connectivity index (χ0v) is 15.8. The van der Waals surface area contributed by atoms with Crippen LogP contribution < -0.4 is 5.32 Å². The molecule has 0 aliphatic carbocycles. The summed E-state index contributed by atoms with van der Waals surface area (Å²) < 4.78 is 22.2. The third-order valence-electron chi connectivity index (χ3n) is 4.11. The summed E-state index contributed by atoms with van der Waals surface area (Å²) in [5, 5.41) is 3.12. The second-order valence-electron chi connectivity index (χ2n) is 6.13. The monoisotopic (exact) mass is 403 g/mol. The van der Waals surface area contributed by atoms with Gasteiger partial charge in [0.25, 0.3) is 0 Å². The zero-order valence-electron chi connectivity index (χ0n) is 12.6. The van der Waals surface area contributed by atoms with Gasteiger partial charge in [0, 0.05) is 37.3 Å². The fourth-order valence-corrected chi connectivity index (χ4v) is 2.52. The van der Waals surface area contributed by atoms with Gasteiger partial charge in [-0.25, -0.2) is 8.42 Å². The Morgan fingerprint density at radius 3 is 2.16 bits per heavy atom. The van der Waals surface area contributed by atoms with Crippen LogP contribution in [0.3, 0.4) is 0 Å². The minimum Gasteiger partial charge on any atom is -0.355 e. The Morgan fingerprint density at radius 2 is 1.84 bits per heavy atom. The summed E-state index contributed by atoms with van der Waals surface area (Å²) >= 11 is 0. The fourth-order valence-electron chi connectivity index (χ4n) is 2.04. The van der Waals surface area contributed by atoms with E-state index in [2.05, 4.69) is 42.9 Å². The molecule has 0 bridgehead atoms. The van der Waals surface area contributed by atoms with Crippen molar-refractivity contribution in [2.24, 2.45) is 10.4 Å². The molecule has 0 aromatic heterocycles. The molecule has 0 saturated carbocycles. The van der Waals surface area contributed by atoms with Crippen molar-refractivity contribution >= 4 is 39.8 Å². The normalized spacial score (nSPS) is 21.4. The molecule has 7 heteroatoms. The lowest BCUT2D eigenvalue weighted by Crippen LogP contribution is -2.72. The third-order valence-corrected chi connectivity index (χ3v) is 5.05. The minimum absolute atomic E-state index is 0. The lowest BCUT2D eigenvalue weighted by atomic mass is 9.65. The van der Waals surface area contributed by atoms with Gasteiger partial charge in [0.05, 0.1) is 5.75 Å². The maximum Gasteiger partial charge on any atom is 0.194 e. The summed E-state index contributed by atoms with van der Waals surface area (Å²) in [4.78, 5) is 6.42. The Balaban J connectivity index is 0.00000324. The van der Waals surface area contributed by atoms with Crippen LogP contribution in [0.25, 0.3) is 0 Å². The van der Waals surface area contributed by atoms with Crippen molar-refractivity contribution in [2.75, 3.05) is 32.1 Å². The lowest BCUT2D eigenvalue weighted by Gasteiger charge is -2.62. The van der Waals surface area contributed by atoms with E-state index in [0.29, 0.717) is 6.54 Å². The fraction of sp³-hybridized carbons (Fsp3) is 0.917. The van der Waals surface area contributed by atoms with Crippen LogP contribution in [0.15, 0.2) is 4.99 Å². The van der Waals surface area contributed by atoms with E-state index in [9.17, 15) is 8.42 Å². The van der Waals surface area contributed by atoms with E-state index >= 15 is 0 Å². The van der Waals surface area contributed by atoms with Crippen molar-refractivity contribution in [3.05, 3.63) is 0 Å². The average Bonchev–Trinajstić information content (AvgIpc) is 2.20. The first-order valence-electron chi connectivity index (χ1n) is 6.17. The second-order valence-corrected chi connectivity index (χ2v) is 8.39. The average molecular weight is 403 g/mol. The number of rotatable bonds is 3. The number of sulfone groups is 1. The highest BCUT2D eigenvalue weighted by Gasteiger charge is 2.53. The number of guanidine groups is 1. The highest BCUT2D eigenvalue weighted by molar-refractivity contribution is 14.0. The van der Waals surface area contributed by atoms with Gasteiger partial charge < -0.3 is 10.2 Å². The maximum atomic E-state index is 11.1. The van der Waals surface area contributed by atoms with Crippen LogP contribution in [0.2, 0.25) is 0 Å². The van der Waals surface area contributed by atoms with Crippen LogP contribution in [-0.4, -0.2) is 57.0 Å².